The van der Waals surface area contributed by atoms with Crippen molar-refractivity contribution in [2.45, 2.75) is 12.8 Å². The van der Waals surface area contributed by atoms with Gasteiger partial charge in [-0.3, -0.25) is 0 Å². The fourth-order valence-electron chi connectivity index (χ4n) is 3.57. The van der Waals surface area contributed by atoms with Gasteiger partial charge in [-0.25, -0.2) is 9.59 Å². The van der Waals surface area contributed by atoms with E-state index in [-0.39, 0.29) is 24.6 Å². The van der Waals surface area contributed by atoms with E-state index < -0.39 is 11.9 Å². The zero-order valence-corrected chi connectivity index (χ0v) is 17.2. The Morgan fingerprint density at radius 3 is 2.48 bits per heavy atom. The molecule has 8 heteroatoms. The Kier molecular flexibility index (Phi) is 7.11. The fraction of sp³-hybridized carbons (Fsp3) is 0.524. The van der Waals surface area contributed by atoms with E-state index in [0.29, 0.717) is 24.0 Å². The lowest BCUT2D eigenvalue weighted by Gasteiger charge is -2.33. The molecule has 1 saturated heterocycles. The van der Waals surface area contributed by atoms with Gasteiger partial charge in [-0.05, 0) is 51.0 Å². The van der Waals surface area contributed by atoms with Crippen molar-refractivity contribution in [3.8, 4) is 5.75 Å². The molecule has 0 N–H and O–H groups in total. The standard InChI is InChI=1S/C21H28N2O6/c1-22-10-8-15(9-11-22)12-29-18-7-5-4-6-17(18)23-14-28-13-16(20(24)26-2)19(23)21(25)27-3/h4-7,15H,8-14H2,1-3H3. The van der Waals surface area contributed by atoms with Gasteiger partial charge < -0.3 is 28.7 Å². The van der Waals surface area contributed by atoms with Gasteiger partial charge in [-0.1, -0.05) is 12.1 Å². The molecule has 0 radical (unpaired) electrons. The number of methoxy groups -OCH3 is 2. The van der Waals surface area contributed by atoms with Crippen molar-refractivity contribution in [3.05, 3.63) is 35.5 Å². The second kappa shape index (κ2) is 9.76. The maximum Gasteiger partial charge on any atom is 0.355 e. The van der Waals surface area contributed by atoms with Crippen molar-refractivity contribution in [3.63, 3.8) is 0 Å². The number of hydrogen-bond donors (Lipinski definition) is 0. The Morgan fingerprint density at radius 2 is 1.79 bits per heavy atom. The minimum Gasteiger partial charge on any atom is -0.491 e. The SMILES string of the molecule is COC(=O)C1=C(C(=O)OC)N(c2ccccc2OCC2CCN(C)CC2)COC1. The van der Waals surface area contributed by atoms with E-state index in [1.807, 2.05) is 24.3 Å². The van der Waals surface area contributed by atoms with E-state index in [9.17, 15) is 9.59 Å². The van der Waals surface area contributed by atoms with Crippen LogP contribution in [0.15, 0.2) is 35.5 Å². The Bertz CT molecular complexity index is 770. The van der Waals surface area contributed by atoms with Gasteiger partial charge in [0.2, 0.25) is 0 Å². The van der Waals surface area contributed by atoms with Gasteiger partial charge in [0, 0.05) is 0 Å². The second-order valence-electron chi connectivity index (χ2n) is 7.24. The second-order valence-corrected chi connectivity index (χ2v) is 7.24. The Morgan fingerprint density at radius 1 is 1.10 bits per heavy atom. The Labute approximate surface area is 171 Å². The molecule has 0 aromatic heterocycles. The molecule has 0 unspecified atom stereocenters. The van der Waals surface area contributed by atoms with E-state index >= 15 is 0 Å². The summed E-state index contributed by atoms with van der Waals surface area (Å²) in [4.78, 5) is 28.6. The molecule has 2 aliphatic rings. The average Bonchev–Trinajstić information content (AvgIpc) is 2.77. The Balaban J connectivity index is 1.86. The molecule has 1 aromatic rings. The highest BCUT2D eigenvalue weighted by Crippen LogP contribution is 2.34. The maximum absolute atomic E-state index is 12.5. The number of para-hydroxylation sites is 2. The van der Waals surface area contributed by atoms with Crippen molar-refractivity contribution >= 4 is 17.6 Å². The predicted molar refractivity (Wildman–Crippen MR) is 107 cm³/mol. The number of hydrogen-bond acceptors (Lipinski definition) is 8. The first-order valence-corrected chi connectivity index (χ1v) is 9.70. The average molecular weight is 404 g/mol. The van der Waals surface area contributed by atoms with Crippen molar-refractivity contribution in [1.29, 1.82) is 0 Å². The van der Waals surface area contributed by atoms with E-state index in [1.54, 1.807) is 4.90 Å². The summed E-state index contributed by atoms with van der Waals surface area (Å²) in [7, 11) is 4.67. The van der Waals surface area contributed by atoms with Gasteiger partial charge in [-0.2, -0.15) is 0 Å². The number of nitrogens with zero attached hydrogens (tertiary/aromatic N) is 2. The number of esters is 2. The Hall–Kier alpha value is -2.58. The summed E-state index contributed by atoms with van der Waals surface area (Å²) in [6.07, 6.45) is 2.18. The molecular formula is C21H28N2O6. The van der Waals surface area contributed by atoms with Gasteiger partial charge in [0.1, 0.15) is 18.2 Å². The highest BCUT2D eigenvalue weighted by atomic mass is 16.5. The van der Waals surface area contributed by atoms with Crippen molar-refractivity contribution in [2.75, 3.05) is 59.2 Å². The van der Waals surface area contributed by atoms with Crippen LogP contribution in [0.5, 0.6) is 5.75 Å². The zero-order chi connectivity index (χ0) is 20.8. The number of benzene rings is 1. The van der Waals surface area contributed by atoms with Gasteiger partial charge in [-0.15, -0.1) is 0 Å². The predicted octanol–water partition coefficient (Wildman–Crippen LogP) is 1.80. The van der Waals surface area contributed by atoms with Crippen LogP contribution in [-0.4, -0.2) is 71.1 Å². The van der Waals surface area contributed by atoms with Crippen molar-refractivity contribution in [2.24, 2.45) is 5.92 Å². The molecular weight excluding hydrogens is 376 g/mol. The molecule has 0 amide bonds. The molecule has 158 valence electrons. The lowest BCUT2D eigenvalue weighted by atomic mass is 9.98. The first-order valence-electron chi connectivity index (χ1n) is 9.70. The first-order chi connectivity index (χ1) is 14.0. The number of carbonyl (C=O) groups is 2. The third kappa shape index (κ3) is 4.89. The van der Waals surface area contributed by atoms with E-state index in [2.05, 4.69) is 11.9 Å². The smallest absolute Gasteiger partial charge is 0.355 e. The van der Waals surface area contributed by atoms with Crippen molar-refractivity contribution in [1.82, 2.24) is 4.90 Å². The third-order valence-corrected chi connectivity index (χ3v) is 5.30. The van der Waals surface area contributed by atoms with Crippen LogP contribution >= 0.6 is 0 Å². The van der Waals surface area contributed by atoms with E-state index in [1.165, 1.54) is 14.2 Å². The van der Waals surface area contributed by atoms with Crippen LogP contribution in [0.3, 0.4) is 0 Å². The normalized spacial score (nSPS) is 18.5. The van der Waals surface area contributed by atoms with Crippen LogP contribution in [0, 0.1) is 5.92 Å². The largest absolute Gasteiger partial charge is 0.491 e. The van der Waals surface area contributed by atoms with Crippen LogP contribution in [0.2, 0.25) is 0 Å². The van der Waals surface area contributed by atoms with Crippen LogP contribution in [0.4, 0.5) is 5.69 Å². The van der Waals surface area contributed by atoms with E-state index in [0.717, 1.165) is 25.9 Å². The van der Waals surface area contributed by atoms with Gasteiger partial charge >= 0.3 is 11.9 Å². The third-order valence-electron chi connectivity index (χ3n) is 5.30. The topological polar surface area (TPSA) is 77.5 Å². The molecule has 3 rings (SSSR count). The number of piperidine rings is 1. The minimum atomic E-state index is -0.626. The highest BCUT2D eigenvalue weighted by Gasteiger charge is 2.33. The molecule has 0 spiro atoms. The first kappa shape index (κ1) is 21.1. The molecule has 0 saturated carbocycles. The lowest BCUT2D eigenvalue weighted by molar-refractivity contribution is -0.140. The molecule has 29 heavy (non-hydrogen) atoms. The summed E-state index contributed by atoms with van der Waals surface area (Å²) >= 11 is 0. The molecule has 0 atom stereocenters. The molecule has 1 aromatic carbocycles. The van der Waals surface area contributed by atoms with Gasteiger partial charge in [0.15, 0.2) is 0 Å². The number of ether oxygens (including phenoxy) is 4. The monoisotopic (exact) mass is 404 g/mol. The molecule has 2 aliphatic heterocycles. The maximum atomic E-state index is 12.5. The highest BCUT2D eigenvalue weighted by molar-refractivity contribution is 6.03. The summed E-state index contributed by atoms with van der Waals surface area (Å²) in [6.45, 7) is 2.80. The van der Waals surface area contributed by atoms with E-state index in [4.69, 9.17) is 18.9 Å². The van der Waals surface area contributed by atoms with Crippen molar-refractivity contribution < 1.29 is 28.5 Å². The van der Waals surface area contributed by atoms with Crippen LogP contribution in [0.25, 0.3) is 0 Å². The molecule has 0 aliphatic carbocycles. The van der Waals surface area contributed by atoms with Crippen LogP contribution in [-0.2, 0) is 23.8 Å². The quantitative estimate of drug-likeness (QED) is 0.665. The summed E-state index contributed by atoms with van der Waals surface area (Å²) in [5.74, 6) is -0.140. The van der Waals surface area contributed by atoms with Gasteiger partial charge in [0.05, 0.1) is 38.7 Å². The van der Waals surface area contributed by atoms with Gasteiger partial charge in [0.25, 0.3) is 0 Å². The fourth-order valence-corrected chi connectivity index (χ4v) is 3.57. The summed E-state index contributed by atoms with van der Waals surface area (Å²) < 4.78 is 21.4. The molecule has 2 heterocycles. The number of rotatable bonds is 6. The zero-order valence-electron chi connectivity index (χ0n) is 17.2. The number of anilines is 1. The summed E-state index contributed by atoms with van der Waals surface area (Å²) in [5.41, 5.74) is 0.874. The minimum absolute atomic E-state index is 0.0216. The molecule has 1 fully saturated rings. The van der Waals surface area contributed by atoms with Crippen LogP contribution in [0.1, 0.15) is 12.8 Å². The summed E-state index contributed by atoms with van der Waals surface area (Å²) in [5, 5.41) is 0. The molecule has 8 nitrogen and oxygen atoms in total. The lowest BCUT2D eigenvalue weighted by Crippen LogP contribution is -2.39. The number of likely N-dealkylation sites (tertiary alicyclic amines) is 1. The number of carbonyl (C=O) groups excluding carboxylic acids is 2. The van der Waals surface area contributed by atoms with Crippen LogP contribution < -0.4 is 9.64 Å². The summed E-state index contributed by atoms with van der Waals surface area (Å²) in [6, 6.07) is 7.40. The molecule has 0 bridgehead atoms.